The average Bonchev–Trinajstić information content (AvgIpc) is 3.37. The first kappa shape index (κ1) is 22.5. The molecule has 2 saturated heterocycles. The minimum Gasteiger partial charge on any atom is -0.435 e. The van der Waals surface area contributed by atoms with Gasteiger partial charge in [0.1, 0.15) is 5.82 Å². The van der Waals surface area contributed by atoms with Gasteiger partial charge in [-0.2, -0.15) is 15.0 Å². The van der Waals surface area contributed by atoms with Crippen molar-refractivity contribution in [1.82, 2.24) is 24.5 Å². The molecule has 4 heterocycles. The highest BCUT2D eigenvalue weighted by Gasteiger charge is 2.61. The lowest BCUT2D eigenvalue weighted by molar-refractivity contribution is -0.174. The van der Waals surface area contributed by atoms with Crippen LogP contribution in [0, 0.1) is 12.8 Å². The lowest BCUT2D eigenvalue weighted by Gasteiger charge is -2.42. The third-order valence-electron chi connectivity index (χ3n) is 6.10. The molecule has 2 atom stereocenters. The van der Waals surface area contributed by atoms with Crippen LogP contribution in [0.25, 0.3) is 5.69 Å². The maximum atomic E-state index is 12.8. The molecule has 0 aliphatic carbocycles. The molecule has 178 valence electrons. The Labute approximate surface area is 202 Å². The van der Waals surface area contributed by atoms with E-state index in [1.807, 2.05) is 55.8 Å². The van der Waals surface area contributed by atoms with Crippen LogP contribution in [0.4, 0.5) is 16.7 Å². The molecule has 3 aromatic rings. The third kappa shape index (κ3) is 3.97. The molecule has 0 saturated carbocycles. The van der Waals surface area contributed by atoms with Crippen LogP contribution in [-0.2, 0) is 9.47 Å². The summed E-state index contributed by atoms with van der Waals surface area (Å²) < 4.78 is 13.0. The number of rotatable bonds is 6. The number of benzene rings is 1. The van der Waals surface area contributed by atoms with E-state index in [1.54, 1.807) is 13.3 Å². The zero-order valence-electron chi connectivity index (χ0n) is 19.4. The van der Waals surface area contributed by atoms with Gasteiger partial charge in [-0.3, -0.25) is 0 Å². The topological polar surface area (TPSA) is 107 Å². The van der Waals surface area contributed by atoms with Crippen LogP contribution in [0.2, 0.25) is 5.02 Å². The molecular formula is C23H26ClN7O3. The predicted molar refractivity (Wildman–Crippen MR) is 126 cm³/mol. The summed E-state index contributed by atoms with van der Waals surface area (Å²) in [6.07, 6.45) is 3.21. The van der Waals surface area contributed by atoms with Gasteiger partial charge in [0.2, 0.25) is 11.9 Å². The van der Waals surface area contributed by atoms with Crippen LogP contribution < -0.4 is 10.2 Å². The Bertz CT molecular complexity index is 1210. The summed E-state index contributed by atoms with van der Waals surface area (Å²) in [5, 5.41) is 3.96. The first-order valence-corrected chi connectivity index (χ1v) is 11.5. The highest BCUT2D eigenvalue weighted by molar-refractivity contribution is 6.30. The molecule has 5 rings (SSSR count). The average molecular weight is 484 g/mol. The molecule has 1 amide bonds. The van der Waals surface area contributed by atoms with Gasteiger partial charge in [0.15, 0.2) is 5.60 Å². The summed E-state index contributed by atoms with van der Waals surface area (Å²) in [7, 11) is 0. The Morgan fingerprint density at radius 3 is 2.53 bits per heavy atom. The van der Waals surface area contributed by atoms with E-state index in [-0.39, 0.29) is 23.9 Å². The smallest absolute Gasteiger partial charge is 0.417 e. The van der Waals surface area contributed by atoms with E-state index >= 15 is 0 Å². The molecule has 2 fully saturated rings. The minimum absolute atomic E-state index is 0.125. The van der Waals surface area contributed by atoms with Crippen molar-refractivity contribution in [2.24, 2.45) is 5.92 Å². The van der Waals surface area contributed by atoms with Crippen molar-refractivity contribution in [3.05, 3.63) is 53.3 Å². The van der Waals surface area contributed by atoms with Gasteiger partial charge in [0, 0.05) is 16.9 Å². The zero-order valence-corrected chi connectivity index (χ0v) is 20.2. The van der Waals surface area contributed by atoms with Gasteiger partial charge in [-0.1, -0.05) is 25.4 Å². The fourth-order valence-corrected chi connectivity index (χ4v) is 4.63. The summed E-state index contributed by atoms with van der Waals surface area (Å²) in [5.41, 5.74) is 1.11. The standard InChI is InChI=1S/C23H26ClN7O3/c1-13(2)19-23(10-33-11-23)34-22(32)31(19)21-28-15(4)27-20(29-21)26-14(3)18-9-30(12-25-18)17-7-5-16(24)6-8-17/h5-9,12-14,19H,10-11H2,1-4H3,(H,26,27,28,29)/t14-,19?/m0/s1. The SMILES string of the molecule is Cc1nc(N[C@@H](C)c2cn(-c3ccc(Cl)cc3)cn2)nc(N2C(=O)OC3(COC3)C2C(C)C)n1. The number of imidazole rings is 1. The molecule has 1 aromatic carbocycles. The number of amides is 1. The van der Waals surface area contributed by atoms with E-state index in [9.17, 15) is 4.79 Å². The number of aromatic nitrogens is 5. The van der Waals surface area contributed by atoms with Crippen molar-refractivity contribution in [2.45, 2.75) is 45.4 Å². The molecule has 2 aromatic heterocycles. The van der Waals surface area contributed by atoms with E-state index < -0.39 is 11.7 Å². The highest BCUT2D eigenvalue weighted by Crippen LogP contribution is 2.41. The van der Waals surface area contributed by atoms with Crippen molar-refractivity contribution < 1.29 is 14.3 Å². The van der Waals surface area contributed by atoms with Crippen LogP contribution in [-0.4, -0.2) is 55.5 Å². The monoisotopic (exact) mass is 483 g/mol. The van der Waals surface area contributed by atoms with Gasteiger partial charge >= 0.3 is 6.09 Å². The van der Waals surface area contributed by atoms with Crippen LogP contribution >= 0.6 is 11.6 Å². The van der Waals surface area contributed by atoms with E-state index in [4.69, 9.17) is 21.1 Å². The van der Waals surface area contributed by atoms with Crippen LogP contribution in [0.3, 0.4) is 0 Å². The van der Waals surface area contributed by atoms with Crippen molar-refractivity contribution in [3.63, 3.8) is 0 Å². The summed E-state index contributed by atoms with van der Waals surface area (Å²) in [4.78, 5) is 32.3. The number of anilines is 2. The number of hydrogen-bond acceptors (Lipinski definition) is 8. The van der Waals surface area contributed by atoms with Crippen molar-refractivity contribution in [2.75, 3.05) is 23.4 Å². The fraction of sp³-hybridized carbons (Fsp3) is 0.435. The quantitative estimate of drug-likeness (QED) is 0.561. The van der Waals surface area contributed by atoms with Crippen LogP contribution in [0.1, 0.15) is 38.3 Å². The molecule has 34 heavy (non-hydrogen) atoms. The van der Waals surface area contributed by atoms with Gasteiger partial charge in [0.25, 0.3) is 0 Å². The van der Waals surface area contributed by atoms with Gasteiger partial charge < -0.3 is 19.4 Å². The number of ether oxygens (including phenoxy) is 2. The summed E-state index contributed by atoms with van der Waals surface area (Å²) in [5.74, 6) is 1.24. The lowest BCUT2D eigenvalue weighted by Crippen LogP contribution is -2.61. The Balaban J connectivity index is 1.38. The second-order valence-corrected chi connectivity index (χ2v) is 9.48. The number of nitrogens with one attached hydrogen (secondary N) is 1. The number of nitrogens with zero attached hydrogens (tertiary/aromatic N) is 6. The van der Waals surface area contributed by atoms with E-state index in [0.717, 1.165) is 11.4 Å². The Morgan fingerprint density at radius 2 is 1.88 bits per heavy atom. The Kier molecular flexibility index (Phi) is 5.65. The molecule has 2 aliphatic rings. The second kappa shape index (κ2) is 8.52. The molecule has 0 bridgehead atoms. The van der Waals surface area contributed by atoms with Crippen molar-refractivity contribution in [1.29, 1.82) is 0 Å². The molecule has 1 N–H and O–H groups in total. The number of halogens is 1. The predicted octanol–water partition coefficient (Wildman–Crippen LogP) is 3.94. The maximum Gasteiger partial charge on any atom is 0.417 e. The highest BCUT2D eigenvalue weighted by atomic mass is 35.5. The third-order valence-corrected chi connectivity index (χ3v) is 6.35. The van der Waals surface area contributed by atoms with Gasteiger partial charge in [0.05, 0.1) is 37.3 Å². The minimum atomic E-state index is -0.652. The molecule has 0 radical (unpaired) electrons. The summed E-state index contributed by atoms with van der Waals surface area (Å²) in [6, 6.07) is 7.10. The summed E-state index contributed by atoms with van der Waals surface area (Å²) in [6.45, 7) is 8.58. The summed E-state index contributed by atoms with van der Waals surface area (Å²) >= 11 is 5.99. The van der Waals surface area contributed by atoms with Crippen LogP contribution in [0.15, 0.2) is 36.8 Å². The number of carbonyl (C=O) groups excluding carboxylic acids is 1. The van der Waals surface area contributed by atoms with E-state index in [2.05, 4.69) is 25.3 Å². The Hall–Kier alpha value is -3.24. The van der Waals surface area contributed by atoms with Crippen LogP contribution in [0.5, 0.6) is 0 Å². The molecule has 1 unspecified atom stereocenters. The number of hydrogen-bond donors (Lipinski definition) is 1. The largest absolute Gasteiger partial charge is 0.435 e. The van der Waals surface area contributed by atoms with Gasteiger partial charge in [-0.15, -0.1) is 0 Å². The molecule has 10 nitrogen and oxygen atoms in total. The molecule has 11 heteroatoms. The normalized spacial score (nSPS) is 19.9. The maximum absolute atomic E-state index is 12.8. The van der Waals surface area contributed by atoms with Gasteiger partial charge in [-0.25, -0.2) is 14.7 Å². The number of carbonyl (C=O) groups is 1. The molecular weight excluding hydrogens is 458 g/mol. The van der Waals surface area contributed by atoms with E-state index in [0.29, 0.717) is 30.0 Å². The Morgan fingerprint density at radius 1 is 1.15 bits per heavy atom. The number of aryl methyl sites for hydroxylation is 1. The second-order valence-electron chi connectivity index (χ2n) is 9.04. The van der Waals surface area contributed by atoms with E-state index in [1.165, 1.54) is 4.90 Å². The van der Waals surface area contributed by atoms with Crippen molar-refractivity contribution in [3.8, 4) is 5.69 Å². The molecule has 1 spiro atoms. The first-order valence-electron chi connectivity index (χ1n) is 11.1. The molecule has 2 aliphatic heterocycles. The fourth-order valence-electron chi connectivity index (χ4n) is 4.50. The van der Waals surface area contributed by atoms with Gasteiger partial charge in [-0.05, 0) is 44.0 Å². The van der Waals surface area contributed by atoms with Crippen molar-refractivity contribution >= 4 is 29.6 Å². The first-order chi connectivity index (χ1) is 16.3. The lowest BCUT2D eigenvalue weighted by atomic mass is 9.84. The zero-order chi connectivity index (χ0) is 24.0.